The molecule has 0 fully saturated rings. The van der Waals surface area contributed by atoms with Crippen molar-refractivity contribution in [3.63, 3.8) is 0 Å². The van der Waals surface area contributed by atoms with E-state index in [1.54, 1.807) is 104 Å². The zero-order chi connectivity index (χ0) is 71.9. The molecule has 5 aromatic carbocycles. The molecule has 0 unspecified atom stereocenters. The molecule has 5 heterocycles. The highest BCUT2D eigenvalue weighted by molar-refractivity contribution is 6.00. The van der Waals surface area contributed by atoms with Gasteiger partial charge in [-0.05, 0) is 58.1 Å². The van der Waals surface area contributed by atoms with Crippen molar-refractivity contribution in [2.24, 2.45) is 5.73 Å². The van der Waals surface area contributed by atoms with Gasteiger partial charge in [-0.2, -0.15) is 0 Å². The number of H-pyrrole nitrogens is 5. The van der Waals surface area contributed by atoms with Gasteiger partial charge in [0.1, 0.15) is 60.4 Å². The number of para-hydroxylation sites is 5. The maximum absolute atomic E-state index is 15.6. The second-order valence-corrected chi connectivity index (χ2v) is 24.2. The molecule has 0 saturated carbocycles. The second kappa shape index (κ2) is 33.2. The van der Waals surface area contributed by atoms with Gasteiger partial charge in [0, 0.05) is 118 Å². The Morgan fingerprint density at radius 3 is 0.683 bits per heavy atom. The fourth-order valence-electron chi connectivity index (χ4n) is 12.0. The predicted octanol–water partition coefficient (Wildman–Crippen LogP) is -1.66. The van der Waals surface area contributed by atoms with Crippen LogP contribution in [0.5, 0.6) is 0 Å². The molecule has 5 aromatic heterocycles. The Morgan fingerprint density at radius 1 is 0.277 bits per heavy atom. The molecule has 0 bridgehead atoms. The van der Waals surface area contributed by atoms with Gasteiger partial charge in [-0.1, -0.05) is 91.0 Å². The zero-order valence-electron chi connectivity index (χ0n) is 54.1. The molecule has 528 valence electrons. The van der Waals surface area contributed by atoms with Crippen molar-refractivity contribution in [3.8, 4) is 0 Å². The summed E-state index contributed by atoms with van der Waals surface area (Å²) in [7, 11) is 0. The van der Waals surface area contributed by atoms with E-state index < -0.39 is 153 Å². The normalized spacial score (nSPS) is 14.5. The van der Waals surface area contributed by atoms with Crippen LogP contribution < -0.4 is 53.6 Å². The third-order valence-corrected chi connectivity index (χ3v) is 17.4. The van der Waals surface area contributed by atoms with E-state index in [4.69, 9.17) is 5.73 Å². The first kappa shape index (κ1) is 72.0. The minimum Gasteiger partial charge on any atom is -0.480 e. The van der Waals surface area contributed by atoms with Crippen LogP contribution in [0.15, 0.2) is 152 Å². The Labute approximate surface area is 574 Å². The van der Waals surface area contributed by atoms with Crippen LogP contribution >= 0.6 is 0 Å². The fraction of sp³-hybridized carbons (Fsp3) is 0.286. The van der Waals surface area contributed by atoms with Gasteiger partial charge in [-0.3, -0.25) is 43.2 Å². The Morgan fingerprint density at radius 2 is 0.465 bits per heavy atom. The maximum atomic E-state index is 15.6. The van der Waals surface area contributed by atoms with E-state index in [0.29, 0.717) is 65.9 Å². The second-order valence-electron chi connectivity index (χ2n) is 24.2. The molecule has 0 radical (unpaired) electrons. The lowest BCUT2D eigenvalue weighted by atomic mass is 9.99. The summed E-state index contributed by atoms with van der Waals surface area (Å²) in [6, 6.07) is 19.2. The lowest BCUT2D eigenvalue weighted by Gasteiger charge is -2.28. The van der Waals surface area contributed by atoms with Crippen molar-refractivity contribution in [2.45, 2.75) is 92.5 Å². The van der Waals surface area contributed by atoms with Crippen molar-refractivity contribution < 1.29 is 78.6 Å². The molecule has 0 aliphatic heterocycles. The first-order valence-corrected chi connectivity index (χ1v) is 32.3. The summed E-state index contributed by atoms with van der Waals surface area (Å²) in [6.07, 6.45) is 7.16. The molecule has 0 aliphatic rings. The maximum Gasteiger partial charge on any atom is 0.326 e. The average Bonchev–Trinajstić information content (AvgIpc) is 1.74. The van der Waals surface area contributed by atoms with Crippen LogP contribution in [-0.2, 0) is 80.0 Å². The van der Waals surface area contributed by atoms with E-state index in [1.165, 1.54) is 0 Å². The molecule has 101 heavy (non-hydrogen) atoms. The molecule has 31 nitrogen and oxygen atoms in total. The van der Waals surface area contributed by atoms with Crippen molar-refractivity contribution >= 4 is 114 Å². The number of aromatic amines is 5. The number of carboxylic acid groups (broad SMARTS) is 1. The number of aliphatic hydroxyl groups is 5. The largest absolute Gasteiger partial charge is 0.480 e. The zero-order valence-corrected chi connectivity index (χ0v) is 54.1. The predicted molar refractivity (Wildman–Crippen MR) is 368 cm³/mol. The third-order valence-electron chi connectivity index (χ3n) is 17.4. The molecule has 10 rings (SSSR count). The number of carboxylic acids is 1. The highest BCUT2D eigenvalue weighted by Crippen LogP contribution is 2.25. The number of aliphatic carboxylic acids is 1. The monoisotopic (exact) mass is 1380 g/mol. The number of carbonyl (C=O) groups excluding carboxylic acids is 9. The number of benzene rings is 5. The van der Waals surface area contributed by atoms with Gasteiger partial charge in [0.05, 0.1) is 33.0 Å². The van der Waals surface area contributed by atoms with Crippen LogP contribution in [0.25, 0.3) is 54.5 Å². The van der Waals surface area contributed by atoms with Crippen molar-refractivity contribution in [1.29, 1.82) is 0 Å². The highest BCUT2D eigenvalue weighted by Gasteiger charge is 2.37. The number of hydrogen-bond acceptors (Lipinski definition) is 16. The summed E-state index contributed by atoms with van der Waals surface area (Å²) >= 11 is 0. The summed E-state index contributed by atoms with van der Waals surface area (Å²) in [5.41, 5.74) is 11.7. The number of hydrogen-bond donors (Lipinski definition) is 21. The number of aromatic nitrogens is 5. The van der Waals surface area contributed by atoms with Crippen molar-refractivity contribution in [1.82, 2.24) is 72.8 Å². The molecular formula is C70H77N15O16. The first-order valence-electron chi connectivity index (χ1n) is 32.3. The molecule has 10 aromatic rings. The standard InChI is InChI=1S/C70H77N15O16/c71-46(31-86)61(91)82-57(32-87)67(97)84-59(34-89)69(99)85-60(35-90)68(98)83-58(33-88)66(96)80-54(23-38-28-74-49-18-8-3-13-43(38)49)64(94)78-52(21-36-26-72-47-16-6-1-11-41(36)47)62(92)77-53(22-37-27-73-48-17-7-2-12-42(37)48)63(93)79-55(24-39-29-75-50-19-9-4-14-44(39)50)65(95)81-56(70(100)101)25-40-30-76-51-20-10-5-15-45(40)51/h1-20,26-30,46,52-60,72-76,86-90H,21-25,31-35,71H2,(H,77,92)(H,78,94)(H,79,93)(H,80,96)(H,81,95)(H,82,91)(H,83,98)(H,84,97)(H,85,99)(H,100,101)/t46-,52-,53-,54-,55-,56-,57-,58-,59-,60-/m0/s1. The quantitative estimate of drug-likeness (QED) is 0.0215. The summed E-state index contributed by atoms with van der Waals surface area (Å²) in [5, 5.41) is 86.3. The Bertz CT molecular complexity index is 4650. The van der Waals surface area contributed by atoms with Gasteiger partial charge in [0.2, 0.25) is 53.2 Å². The SMILES string of the molecule is N[C@@H](CO)C(=O)N[C@@H](CO)C(=O)N[C@@H](CO)C(=O)N[C@@H](CO)C(=O)N[C@@H](CO)C(=O)N[C@@H](Cc1c[nH]c2ccccc12)C(=O)N[C@@H](Cc1c[nH]c2ccccc12)C(=O)N[C@@H](Cc1c[nH]c2ccccc12)C(=O)N[C@@H](Cc1c[nH]c2ccccc12)C(=O)N[C@@H](Cc1c[nH]c2ccccc12)C(=O)O. The van der Waals surface area contributed by atoms with Crippen LogP contribution in [-0.4, -0.2) is 208 Å². The summed E-state index contributed by atoms with van der Waals surface area (Å²) in [5.74, 6) is -11.0. The van der Waals surface area contributed by atoms with Gasteiger partial charge in [0.15, 0.2) is 0 Å². The van der Waals surface area contributed by atoms with Crippen molar-refractivity contribution in [3.05, 3.63) is 180 Å². The molecular weight excluding hydrogens is 1310 g/mol. The minimum absolute atomic E-state index is 0.137. The number of rotatable bonds is 34. The van der Waals surface area contributed by atoms with Gasteiger partial charge in [-0.25, -0.2) is 4.79 Å². The molecule has 10 atom stereocenters. The van der Waals surface area contributed by atoms with E-state index in [2.05, 4.69) is 72.8 Å². The molecule has 0 spiro atoms. The topological polar surface area (TPSA) is 505 Å². The van der Waals surface area contributed by atoms with Crippen LogP contribution in [0.1, 0.15) is 27.8 Å². The number of carbonyl (C=O) groups is 10. The van der Waals surface area contributed by atoms with Gasteiger partial charge >= 0.3 is 5.97 Å². The summed E-state index contributed by atoms with van der Waals surface area (Å²) < 4.78 is 0. The third kappa shape index (κ3) is 17.4. The molecule has 31 heteroatoms. The highest BCUT2D eigenvalue weighted by atomic mass is 16.4. The Hall–Kier alpha value is -11.7. The van der Waals surface area contributed by atoms with E-state index in [0.717, 1.165) is 16.4 Å². The number of nitrogens with one attached hydrogen (secondary N) is 14. The lowest BCUT2D eigenvalue weighted by molar-refractivity contribution is -0.142. The first-order chi connectivity index (χ1) is 48.8. The number of aliphatic hydroxyl groups excluding tert-OH is 5. The lowest BCUT2D eigenvalue weighted by Crippen LogP contribution is -2.62. The van der Waals surface area contributed by atoms with Gasteiger partial charge < -0.3 is 109 Å². The number of nitrogens with two attached hydrogens (primary N) is 1. The van der Waals surface area contributed by atoms with Crippen LogP contribution in [0.4, 0.5) is 0 Å². The number of fused-ring (bicyclic) bond motifs is 5. The summed E-state index contributed by atoms with van der Waals surface area (Å²) in [4.78, 5) is 157. The van der Waals surface area contributed by atoms with E-state index in [-0.39, 0.29) is 32.1 Å². The molecule has 22 N–H and O–H groups in total. The molecule has 9 amide bonds. The van der Waals surface area contributed by atoms with Crippen LogP contribution in [0.3, 0.4) is 0 Å². The number of amides is 9. The molecule has 0 aliphatic carbocycles. The minimum atomic E-state index is -1.93. The van der Waals surface area contributed by atoms with E-state index >= 15 is 14.4 Å². The van der Waals surface area contributed by atoms with Gasteiger partial charge in [-0.15, -0.1) is 0 Å². The van der Waals surface area contributed by atoms with E-state index in [9.17, 15) is 64.2 Å². The average molecular weight is 1380 g/mol. The fourth-order valence-corrected chi connectivity index (χ4v) is 12.0. The van der Waals surface area contributed by atoms with Gasteiger partial charge in [0.25, 0.3) is 0 Å². The van der Waals surface area contributed by atoms with Crippen molar-refractivity contribution in [2.75, 3.05) is 33.0 Å². The van der Waals surface area contributed by atoms with Crippen LogP contribution in [0.2, 0.25) is 0 Å². The van der Waals surface area contributed by atoms with Crippen LogP contribution in [0, 0.1) is 0 Å². The smallest absolute Gasteiger partial charge is 0.326 e. The Kier molecular flexibility index (Phi) is 23.7. The Balaban J connectivity index is 0.931. The molecule has 0 saturated heterocycles. The summed E-state index contributed by atoms with van der Waals surface area (Å²) in [6.45, 7) is -5.25. The van der Waals surface area contributed by atoms with E-state index in [1.807, 2.05) is 48.5 Å².